The second-order valence-corrected chi connectivity index (χ2v) is 6.50. The number of fused-ring (bicyclic) bond motifs is 1. The predicted octanol–water partition coefficient (Wildman–Crippen LogP) is 4.75. The Morgan fingerprint density at radius 3 is 2.77 bits per heavy atom. The van der Waals surface area contributed by atoms with Crippen LogP contribution in [0, 0.1) is 5.82 Å². The number of carbonyl (C=O) groups excluding carboxylic acids is 1. The largest absolute Gasteiger partial charge is 0.332 e. The SMILES string of the molecule is O=C(/C=C\c1cccc2cccnc12)N1CCC[C@H]1c1ccc(F)cc1. The lowest BCUT2D eigenvalue weighted by molar-refractivity contribution is -0.126. The molecule has 2 aromatic carbocycles. The number of aromatic nitrogens is 1. The lowest BCUT2D eigenvalue weighted by Gasteiger charge is -2.23. The van der Waals surface area contributed by atoms with E-state index < -0.39 is 0 Å². The molecule has 1 fully saturated rings. The van der Waals surface area contributed by atoms with Crippen LogP contribution in [0.3, 0.4) is 0 Å². The molecule has 4 heteroatoms. The lowest BCUT2D eigenvalue weighted by atomic mass is 10.0. The number of para-hydroxylation sites is 1. The number of halogens is 1. The third kappa shape index (κ3) is 3.23. The molecule has 0 unspecified atom stereocenters. The second kappa shape index (κ2) is 7.08. The summed E-state index contributed by atoms with van der Waals surface area (Å²) < 4.78 is 13.2. The van der Waals surface area contributed by atoms with E-state index in [1.165, 1.54) is 12.1 Å². The number of rotatable bonds is 3. The summed E-state index contributed by atoms with van der Waals surface area (Å²) in [5, 5.41) is 1.05. The van der Waals surface area contributed by atoms with Gasteiger partial charge in [-0.15, -0.1) is 0 Å². The molecule has 1 saturated heterocycles. The van der Waals surface area contributed by atoms with Gasteiger partial charge in [-0.05, 0) is 42.7 Å². The van der Waals surface area contributed by atoms with E-state index in [1.54, 1.807) is 24.4 Å². The van der Waals surface area contributed by atoms with E-state index in [9.17, 15) is 9.18 Å². The van der Waals surface area contributed by atoms with Gasteiger partial charge in [-0.2, -0.15) is 0 Å². The van der Waals surface area contributed by atoms with Crippen molar-refractivity contribution < 1.29 is 9.18 Å². The summed E-state index contributed by atoms with van der Waals surface area (Å²) in [6, 6.07) is 16.3. The first-order valence-electron chi connectivity index (χ1n) is 8.80. The van der Waals surface area contributed by atoms with Crippen LogP contribution in [0.5, 0.6) is 0 Å². The zero-order chi connectivity index (χ0) is 17.9. The van der Waals surface area contributed by atoms with Crippen LogP contribution in [-0.2, 0) is 4.79 Å². The Hall–Kier alpha value is -3.01. The number of carbonyl (C=O) groups is 1. The molecule has 0 bridgehead atoms. The fourth-order valence-electron chi connectivity index (χ4n) is 3.58. The molecular weight excluding hydrogens is 327 g/mol. The summed E-state index contributed by atoms with van der Waals surface area (Å²) in [6.07, 6.45) is 7.06. The fourth-order valence-corrected chi connectivity index (χ4v) is 3.58. The molecular formula is C22H19FN2O. The van der Waals surface area contributed by atoms with Crippen molar-refractivity contribution in [3.8, 4) is 0 Å². The zero-order valence-corrected chi connectivity index (χ0v) is 14.3. The minimum Gasteiger partial charge on any atom is -0.332 e. The van der Waals surface area contributed by atoms with Gasteiger partial charge in [0.05, 0.1) is 11.6 Å². The summed E-state index contributed by atoms with van der Waals surface area (Å²) in [4.78, 5) is 19.0. The molecule has 3 aromatic rings. The van der Waals surface area contributed by atoms with E-state index in [0.717, 1.165) is 41.4 Å². The van der Waals surface area contributed by atoms with E-state index in [1.807, 2.05) is 41.3 Å². The average molecular weight is 346 g/mol. The third-order valence-corrected chi connectivity index (χ3v) is 4.86. The third-order valence-electron chi connectivity index (χ3n) is 4.86. The number of pyridine rings is 1. The minimum atomic E-state index is -0.257. The molecule has 0 radical (unpaired) electrons. The highest BCUT2D eigenvalue weighted by molar-refractivity contribution is 5.95. The van der Waals surface area contributed by atoms with Gasteiger partial charge < -0.3 is 4.90 Å². The van der Waals surface area contributed by atoms with Crippen molar-refractivity contribution >= 4 is 22.9 Å². The van der Waals surface area contributed by atoms with Gasteiger partial charge in [-0.25, -0.2) is 4.39 Å². The van der Waals surface area contributed by atoms with Crippen LogP contribution in [-0.4, -0.2) is 22.3 Å². The summed E-state index contributed by atoms with van der Waals surface area (Å²) in [6.45, 7) is 0.721. The Balaban J connectivity index is 1.57. The quantitative estimate of drug-likeness (QED) is 0.641. The molecule has 1 aromatic heterocycles. The summed E-state index contributed by atoms with van der Waals surface area (Å²) in [5.41, 5.74) is 2.79. The zero-order valence-electron chi connectivity index (χ0n) is 14.3. The van der Waals surface area contributed by atoms with Gasteiger partial charge in [0.2, 0.25) is 5.91 Å². The van der Waals surface area contributed by atoms with E-state index in [4.69, 9.17) is 0 Å². The molecule has 130 valence electrons. The van der Waals surface area contributed by atoms with Crippen LogP contribution in [0.1, 0.15) is 30.0 Å². The van der Waals surface area contributed by atoms with Gasteiger partial charge in [0, 0.05) is 29.8 Å². The normalized spacial score (nSPS) is 17.3. The van der Waals surface area contributed by atoms with Crippen molar-refractivity contribution in [2.75, 3.05) is 6.54 Å². The van der Waals surface area contributed by atoms with Crippen LogP contribution in [0.25, 0.3) is 17.0 Å². The average Bonchev–Trinajstić information content (AvgIpc) is 3.16. The fraction of sp³-hybridized carbons (Fsp3) is 0.182. The summed E-state index contributed by atoms with van der Waals surface area (Å²) in [7, 11) is 0. The van der Waals surface area contributed by atoms with Crippen molar-refractivity contribution in [1.29, 1.82) is 0 Å². The monoisotopic (exact) mass is 346 g/mol. The molecule has 0 aliphatic carbocycles. The van der Waals surface area contributed by atoms with Crippen molar-refractivity contribution in [2.24, 2.45) is 0 Å². The molecule has 3 nitrogen and oxygen atoms in total. The molecule has 4 rings (SSSR count). The standard InChI is InChI=1S/C22H19FN2O/c23-19-11-8-16(9-12-19)20-7-3-15-25(20)21(26)13-10-18-5-1-4-17-6-2-14-24-22(17)18/h1-2,4-6,8-14,20H,3,7,15H2/b13-10-/t20-/m0/s1. The smallest absolute Gasteiger partial charge is 0.247 e. The highest BCUT2D eigenvalue weighted by atomic mass is 19.1. The number of nitrogens with zero attached hydrogens (tertiary/aromatic N) is 2. The predicted molar refractivity (Wildman–Crippen MR) is 101 cm³/mol. The van der Waals surface area contributed by atoms with Crippen LogP contribution < -0.4 is 0 Å². The second-order valence-electron chi connectivity index (χ2n) is 6.50. The Bertz CT molecular complexity index is 960. The molecule has 2 heterocycles. The Morgan fingerprint density at radius 1 is 1.12 bits per heavy atom. The van der Waals surface area contributed by atoms with Crippen LogP contribution in [0.2, 0.25) is 0 Å². The Morgan fingerprint density at radius 2 is 1.92 bits per heavy atom. The number of hydrogen-bond donors (Lipinski definition) is 0. The van der Waals surface area contributed by atoms with Gasteiger partial charge in [0.1, 0.15) is 5.82 Å². The first-order chi connectivity index (χ1) is 12.7. The molecule has 26 heavy (non-hydrogen) atoms. The van der Waals surface area contributed by atoms with Crippen molar-refractivity contribution in [3.05, 3.63) is 83.8 Å². The lowest BCUT2D eigenvalue weighted by Crippen LogP contribution is -2.28. The maximum absolute atomic E-state index is 13.2. The molecule has 1 atom stereocenters. The first kappa shape index (κ1) is 16.5. The maximum atomic E-state index is 13.2. The topological polar surface area (TPSA) is 33.2 Å². The van der Waals surface area contributed by atoms with E-state index in [-0.39, 0.29) is 17.8 Å². The molecule has 0 N–H and O–H groups in total. The molecule has 1 amide bonds. The van der Waals surface area contributed by atoms with Crippen molar-refractivity contribution in [3.63, 3.8) is 0 Å². The minimum absolute atomic E-state index is 0.0124. The molecule has 0 spiro atoms. The van der Waals surface area contributed by atoms with Gasteiger partial charge in [-0.3, -0.25) is 9.78 Å². The van der Waals surface area contributed by atoms with Gasteiger partial charge in [-0.1, -0.05) is 36.4 Å². The van der Waals surface area contributed by atoms with E-state index in [2.05, 4.69) is 4.98 Å². The molecule has 1 aliphatic rings. The van der Waals surface area contributed by atoms with Crippen molar-refractivity contribution in [2.45, 2.75) is 18.9 Å². The highest BCUT2D eigenvalue weighted by Crippen LogP contribution is 2.32. The van der Waals surface area contributed by atoms with E-state index in [0.29, 0.717) is 0 Å². The van der Waals surface area contributed by atoms with Gasteiger partial charge in [0.25, 0.3) is 0 Å². The van der Waals surface area contributed by atoms with Gasteiger partial charge >= 0.3 is 0 Å². The van der Waals surface area contributed by atoms with Crippen LogP contribution in [0.4, 0.5) is 4.39 Å². The molecule has 1 aliphatic heterocycles. The van der Waals surface area contributed by atoms with Gasteiger partial charge in [0.15, 0.2) is 0 Å². The number of likely N-dealkylation sites (tertiary alicyclic amines) is 1. The van der Waals surface area contributed by atoms with Crippen molar-refractivity contribution in [1.82, 2.24) is 9.88 Å². The highest BCUT2D eigenvalue weighted by Gasteiger charge is 2.28. The van der Waals surface area contributed by atoms with E-state index >= 15 is 0 Å². The summed E-state index contributed by atoms with van der Waals surface area (Å²) in [5.74, 6) is -0.280. The number of benzene rings is 2. The molecule has 0 saturated carbocycles. The summed E-state index contributed by atoms with van der Waals surface area (Å²) >= 11 is 0. The first-order valence-corrected chi connectivity index (χ1v) is 8.80. The Kier molecular flexibility index (Phi) is 4.48. The van der Waals surface area contributed by atoms with Crippen LogP contribution >= 0.6 is 0 Å². The maximum Gasteiger partial charge on any atom is 0.247 e. The Labute approximate surface area is 151 Å². The number of hydrogen-bond acceptors (Lipinski definition) is 2. The van der Waals surface area contributed by atoms with Crippen LogP contribution in [0.15, 0.2) is 66.9 Å². The number of amides is 1.